The van der Waals surface area contributed by atoms with Gasteiger partial charge in [-0.15, -0.1) is 0 Å². The van der Waals surface area contributed by atoms with Crippen molar-refractivity contribution in [3.05, 3.63) is 70.9 Å². The predicted octanol–water partition coefficient (Wildman–Crippen LogP) is 3.68. The molecule has 6 heteroatoms. The van der Waals surface area contributed by atoms with E-state index in [1.54, 1.807) is 24.3 Å². The van der Waals surface area contributed by atoms with Crippen LogP contribution in [0.3, 0.4) is 0 Å². The summed E-state index contributed by atoms with van der Waals surface area (Å²) < 4.78 is 0. The van der Waals surface area contributed by atoms with Crippen LogP contribution in [0.15, 0.2) is 54.2 Å². The summed E-state index contributed by atoms with van der Waals surface area (Å²) in [6.45, 7) is 6.00. The van der Waals surface area contributed by atoms with Crippen LogP contribution in [-0.4, -0.2) is 11.8 Å². The van der Waals surface area contributed by atoms with Crippen LogP contribution in [0.2, 0.25) is 0 Å². The second-order valence-corrected chi connectivity index (χ2v) is 6.40. The largest absolute Gasteiger partial charge is 0.366 e. The topological polar surface area (TPSA) is 108 Å². The van der Waals surface area contributed by atoms with Crippen LogP contribution in [0.1, 0.15) is 41.3 Å². The number of primary amides is 1. The van der Waals surface area contributed by atoms with Gasteiger partial charge in [0.1, 0.15) is 11.6 Å². The molecular formula is C21H22N4O2. The number of carbonyl (C=O) groups excluding carboxylic acids is 2. The third-order valence-electron chi connectivity index (χ3n) is 4.08. The predicted molar refractivity (Wildman–Crippen MR) is 106 cm³/mol. The molecule has 0 saturated heterocycles. The fraction of sp³-hybridized carbons (Fsp3) is 0.190. The van der Waals surface area contributed by atoms with Gasteiger partial charge in [-0.25, -0.2) is 0 Å². The van der Waals surface area contributed by atoms with Crippen molar-refractivity contribution in [1.29, 1.82) is 5.26 Å². The number of nitrogens with two attached hydrogens (primary N) is 1. The fourth-order valence-corrected chi connectivity index (χ4v) is 2.56. The number of nitriles is 1. The van der Waals surface area contributed by atoms with Gasteiger partial charge in [-0.05, 0) is 48.2 Å². The molecule has 27 heavy (non-hydrogen) atoms. The number of hydrogen-bond acceptors (Lipinski definition) is 4. The van der Waals surface area contributed by atoms with Gasteiger partial charge in [-0.1, -0.05) is 32.0 Å². The molecule has 0 unspecified atom stereocenters. The van der Waals surface area contributed by atoms with Crippen LogP contribution in [0, 0.1) is 18.3 Å². The van der Waals surface area contributed by atoms with E-state index in [1.807, 2.05) is 45.0 Å². The quantitative estimate of drug-likeness (QED) is 0.538. The molecular weight excluding hydrogens is 340 g/mol. The minimum atomic E-state index is -0.520. The molecule has 0 spiro atoms. The Morgan fingerprint density at radius 2 is 1.81 bits per heavy atom. The summed E-state index contributed by atoms with van der Waals surface area (Å²) in [6.07, 6.45) is 1.34. The van der Waals surface area contributed by atoms with E-state index in [4.69, 9.17) is 5.73 Å². The summed E-state index contributed by atoms with van der Waals surface area (Å²) in [5, 5.41) is 15.1. The van der Waals surface area contributed by atoms with E-state index in [1.165, 1.54) is 6.20 Å². The number of aryl methyl sites for hydroxylation is 1. The first-order valence-corrected chi connectivity index (χ1v) is 8.51. The van der Waals surface area contributed by atoms with Gasteiger partial charge in [0.15, 0.2) is 0 Å². The van der Waals surface area contributed by atoms with Gasteiger partial charge in [0, 0.05) is 23.1 Å². The van der Waals surface area contributed by atoms with E-state index in [0.717, 1.165) is 16.8 Å². The zero-order chi connectivity index (χ0) is 20.0. The first-order chi connectivity index (χ1) is 12.8. The summed E-state index contributed by atoms with van der Waals surface area (Å²) in [5.74, 6) is -0.778. The molecule has 0 heterocycles. The molecule has 138 valence electrons. The number of carbonyl (C=O) groups is 2. The van der Waals surface area contributed by atoms with Crippen molar-refractivity contribution in [1.82, 2.24) is 0 Å². The fourth-order valence-electron chi connectivity index (χ4n) is 2.56. The maximum absolute atomic E-state index is 12.5. The Kier molecular flexibility index (Phi) is 6.34. The Morgan fingerprint density at radius 1 is 1.15 bits per heavy atom. The summed E-state index contributed by atoms with van der Waals surface area (Å²) in [4.78, 5) is 23.6. The second kappa shape index (κ2) is 8.68. The molecule has 0 aliphatic carbocycles. The number of nitrogens with zero attached hydrogens (tertiary/aromatic N) is 1. The highest BCUT2D eigenvalue weighted by molar-refractivity contribution is 6.07. The Balaban J connectivity index is 2.18. The maximum Gasteiger partial charge on any atom is 0.267 e. The third kappa shape index (κ3) is 4.95. The number of amides is 2. The van der Waals surface area contributed by atoms with E-state index in [-0.39, 0.29) is 11.5 Å². The number of rotatable bonds is 6. The first kappa shape index (κ1) is 19.7. The lowest BCUT2D eigenvalue weighted by molar-refractivity contribution is -0.112. The summed E-state index contributed by atoms with van der Waals surface area (Å²) >= 11 is 0. The monoisotopic (exact) mass is 362 g/mol. The van der Waals surface area contributed by atoms with E-state index in [2.05, 4.69) is 10.6 Å². The molecule has 2 rings (SSSR count). The highest BCUT2D eigenvalue weighted by Crippen LogP contribution is 2.27. The molecule has 0 aliphatic heterocycles. The summed E-state index contributed by atoms with van der Waals surface area (Å²) in [7, 11) is 0. The molecule has 2 aromatic carbocycles. The average Bonchev–Trinajstić information content (AvgIpc) is 2.64. The van der Waals surface area contributed by atoms with E-state index in [9.17, 15) is 14.9 Å². The first-order valence-electron chi connectivity index (χ1n) is 8.51. The van der Waals surface area contributed by atoms with Crippen LogP contribution in [0.25, 0.3) is 0 Å². The number of nitrogens with one attached hydrogen (secondary N) is 2. The number of benzene rings is 2. The van der Waals surface area contributed by atoms with Gasteiger partial charge < -0.3 is 16.4 Å². The Labute approximate surface area is 158 Å². The molecule has 0 radical (unpaired) electrons. The molecule has 0 aliphatic rings. The van der Waals surface area contributed by atoms with Crippen LogP contribution < -0.4 is 16.4 Å². The Morgan fingerprint density at radius 3 is 2.37 bits per heavy atom. The molecule has 4 N–H and O–H groups in total. The van der Waals surface area contributed by atoms with Crippen molar-refractivity contribution in [2.45, 2.75) is 26.7 Å². The van der Waals surface area contributed by atoms with Gasteiger partial charge in [0.05, 0.1) is 0 Å². The van der Waals surface area contributed by atoms with Crippen molar-refractivity contribution in [2.75, 3.05) is 10.6 Å². The Hall–Kier alpha value is -3.59. The Bertz CT molecular complexity index is 922. The number of anilines is 2. The van der Waals surface area contributed by atoms with E-state index in [0.29, 0.717) is 11.3 Å². The van der Waals surface area contributed by atoms with E-state index < -0.39 is 11.8 Å². The number of para-hydroxylation sites is 1. The highest BCUT2D eigenvalue weighted by atomic mass is 16.2. The van der Waals surface area contributed by atoms with Crippen molar-refractivity contribution in [3.8, 4) is 6.07 Å². The van der Waals surface area contributed by atoms with Crippen LogP contribution in [0.5, 0.6) is 0 Å². The molecule has 0 saturated carbocycles. The number of hydrogen-bond donors (Lipinski definition) is 3. The van der Waals surface area contributed by atoms with Gasteiger partial charge in [-0.2, -0.15) is 5.26 Å². The van der Waals surface area contributed by atoms with Crippen molar-refractivity contribution in [2.24, 2.45) is 5.73 Å². The molecule has 2 amide bonds. The van der Waals surface area contributed by atoms with Gasteiger partial charge in [0.2, 0.25) is 5.91 Å². The van der Waals surface area contributed by atoms with Crippen LogP contribution >= 0.6 is 0 Å². The van der Waals surface area contributed by atoms with Gasteiger partial charge in [-0.3, -0.25) is 9.59 Å². The minimum Gasteiger partial charge on any atom is -0.366 e. The van der Waals surface area contributed by atoms with Gasteiger partial charge in [0.25, 0.3) is 5.91 Å². The lowest BCUT2D eigenvalue weighted by Crippen LogP contribution is -2.17. The minimum absolute atomic E-state index is 0.0630. The normalized spacial score (nSPS) is 11.0. The van der Waals surface area contributed by atoms with Crippen molar-refractivity contribution in [3.63, 3.8) is 0 Å². The van der Waals surface area contributed by atoms with Crippen molar-refractivity contribution >= 4 is 23.2 Å². The lowest BCUT2D eigenvalue weighted by Gasteiger charge is -2.16. The molecule has 0 bridgehead atoms. The highest BCUT2D eigenvalue weighted by Gasteiger charge is 2.15. The van der Waals surface area contributed by atoms with E-state index >= 15 is 0 Å². The van der Waals surface area contributed by atoms with Crippen molar-refractivity contribution < 1.29 is 9.59 Å². The summed E-state index contributed by atoms with van der Waals surface area (Å²) in [5.41, 5.74) is 8.81. The molecule has 2 aromatic rings. The molecule has 0 fully saturated rings. The second-order valence-electron chi connectivity index (χ2n) is 6.40. The zero-order valence-corrected chi connectivity index (χ0v) is 15.5. The van der Waals surface area contributed by atoms with Crippen LogP contribution in [0.4, 0.5) is 11.4 Å². The summed E-state index contributed by atoms with van der Waals surface area (Å²) in [6, 6.07) is 14.1. The SMILES string of the molecule is Cc1cccc(C(C)C)c1NC(=O)/C(C#N)=C\Nc1ccc(C(N)=O)cc1. The lowest BCUT2D eigenvalue weighted by atomic mass is 9.98. The molecule has 0 atom stereocenters. The molecule has 0 aromatic heterocycles. The molecule has 6 nitrogen and oxygen atoms in total. The average molecular weight is 362 g/mol. The standard InChI is InChI=1S/C21H22N4O2/c1-13(2)18-6-4-5-14(3)19(18)25-21(27)16(11-22)12-24-17-9-7-15(8-10-17)20(23)26/h4-10,12-13,24H,1-3H3,(H2,23,26)(H,25,27)/b16-12-. The van der Waals surface area contributed by atoms with Crippen LogP contribution in [-0.2, 0) is 4.79 Å². The maximum atomic E-state index is 12.5. The smallest absolute Gasteiger partial charge is 0.267 e. The van der Waals surface area contributed by atoms with Gasteiger partial charge >= 0.3 is 0 Å². The third-order valence-corrected chi connectivity index (χ3v) is 4.08. The zero-order valence-electron chi connectivity index (χ0n) is 15.5.